The van der Waals surface area contributed by atoms with Crippen LogP contribution < -0.4 is 4.72 Å². The molecule has 148 valence electrons. The van der Waals surface area contributed by atoms with Gasteiger partial charge in [0, 0.05) is 6.20 Å². The van der Waals surface area contributed by atoms with E-state index < -0.39 is 10.0 Å². The van der Waals surface area contributed by atoms with E-state index in [4.69, 9.17) is 0 Å². The van der Waals surface area contributed by atoms with Gasteiger partial charge in [-0.05, 0) is 48.1 Å². The first kappa shape index (κ1) is 19.4. The Morgan fingerprint density at radius 1 is 1.03 bits per heavy atom. The summed E-state index contributed by atoms with van der Waals surface area (Å²) >= 11 is 1.47. The summed E-state index contributed by atoms with van der Waals surface area (Å²) in [6.45, 7) is 4.32. The van der Waals surface area contributed by atoms with Crippen molar-refractivity contribution >= 4 is 27.0 Å². The van der Waals surface area contributed by atoms with Crippen LogP contribution in [0.5, 0.6) is 0 Å². The van der Waals surface area contributed by atoms with Crippen molar-refractivity contribution in [3.8, 4) is 10.6 Å². The molecule has 1 N–H and O–H groups in total. The Labute approximate surface area is 174 Å². The van der Waals surface area contributed by atoms with Crippen LogP contribution in [-0.2, 0) is 16.6 Å². The molecule has 0 amide bonds. The highest BCUT2D eigenvalue weighted by molar-refractivity contribution is 7.92. The number of anilines is 1. The predicted octanol–water partition coefficient (Wildman–Crippen LogP) is 5.08. The second-order valence-corrected chi connectivity index (χ2v) is 9.52. The summed E-state index contributed by atoms with van der Waals surface area (Å²) in [7, 11) is -3.81. The van der Waals surface area contributed by atoms with Crippen LogP contribution in [0.2, 0.25) is 0 Å². The molecule has 4 rings (SSSR count). The van der Waals surface area contributed by atoms with Gasteiger partial charge >= 0.3 is 0 Å². The van der Waals surface area contributed by atoms with E-state index in [0.29, 0.717) is 17.9 Å². The molecular weight excluding hydrogens is 402 g/mol. The molecule has 0 spiro atoms. The Morgan fingerprint density at radius 3 is 2.55 bits per heavy atom. The zero-order valence-corrected chi connectivity index (χ0v) is 17.8. The molecule has 4 aromatic rings. The number of thiophene rings is 1. The molecule has 0 radical (unpaired) electrons. The molecule has 0 aliphatic carbocycles. The van der Waals surface area contributed by atoms with Crippen LogP contribution in [0, 0.1) is 13.8 Å². The van der Waals surface area contributed by atoms with Gasteiger partial charge in [0.1, 0.15) is 10.6 Å². The third-order valence-corrected chi connectivity index (χ3v) is 6.84. The average Bonchev–Trinajstić information content (AvgIpc) is 3.35. The Balaban J connectivity index is 1.75. The van der Waals surface area contributed by atoms with Crippen LogP contribution in [0.25, 0.3) is 10.6 Å². The Hall–Kier alpha value is -2.90. The topological polar surface area (TPSA) is 64.0 Å². The summed E-state index contributed by atoms with van der Waals surface area (Å²) < 4.78 is 31.0. The third kappa shape index (κ3) is 4.26. The lowest BCUT2D eigenvalue weighted by Crippen LogP contribution is -2.14. The van der Waals surface area contributed by atoms with Crippen molar-refractivity contribution in [3.05, 3.63) is 88.9 Å². The van der Waals surface area contributed by atoms with Crippen molar-refractivity contribution in [3.63, 3.8) is 0 Å². The maximum absolute atomic E-state index is 13.3. The predicted molar refractivity (Wildman–Crippen MR) is 118 cm³/mol. The summed E-state index contributed by atoms with van der Waals surface area (Å²) in [6.07, 6.45) is 1.61. The molecule has 2 heterocycles. The van der Waals surface area contributed by atoms with Crippen molar-refractivity contribution in [2.45, 2.75) is 25.3 Å². The molecule has 0 aliphatic rings. The Bertz CT molecular complexity index is 1230. The highest BCUT2D eigenvalue weighted by Crippen LogP contribution is 2.31. The van der Waals surface area contributed by atoms with Crippen LogP contribution >= 0.6 is 11.3 Å². The molecule has 0 aliphatic heterocycles. The lowest BCUT2D eigenvalue weighted by molar-refractivity contribution is 0.601. The molecule has 29 heavy (non-hydrogen) atoms. The van der Waals surface area contributed by atoms with Gasteiger partial charge in [-0.2, -0.15) is 5.10 Å². The summed E-state index contributed by atoms with van der Waals surface area (Å²) in [5.41, 5.74) is 3.96. The smallest absolute Gasteiger partial charge is 0.265 e. The second kappa shape index (κ2) is 7.85. The van der Waals surface area contributed by atoms with Gasteiger partial charge in [-0.25, -0.2) is 8.42 Å². The van der Waals surface area contributed by atoms with E-state index in [1.165, 1.54) is 11.3 Å². The van der Waals surface area contributed by atoms with Crippen LogP contribution in [-0.4, -0.2) is 18.2 Å². The zero-order chi connectivity index (χ0) is 20.4. The van der Waals surface area contributed by atoms with E-state index in [-0.39, 0.29) is 4.90 Å². The standard InChI is InChI=1S/C22H21N3O2S2/c1-16-10-11-17(2)19(13-16)24-29(26,27)21-15-25(14-18-7-4-3-5-8-18)23-22(21)20-9-6-12-28-20/h3-13,15,24H,14H2,1-2H3. The van der Waals surface area contributed by atoms with E-state index in [0.717, 1.165) is 21.6 Å². The monoisotopic (exact) mass is 423 g/mol. The number of rotatable bonds is 6. The minimum absolute atomic E-state index is 0.178. The van der Waals surface area contributed by atoms with Gasteiger partial charge in [0.25, 0.3) is 10.0 Å². The maximum Gasteiger partial charge on any atom is 0.265 e. The normalized spacial score (nSPS) is 11.5. The highest BCUT2D eigenvalue weighted by atomic mass is 32.2. The lowest BCUT2D eigenvalue weighted by atomic mass is 10.1. The van der Waals surface area contributed by atoms with Crippen molar-refractivity contribution in [2.24, 2.45) is 0 Å². The minimum Gasteiger partial charge on any atom is -0.279 e. The fourth-order valence-corrected chi connectivity index (χ4v) is 5.15. The SMILES string of the molecule is Cc1ccc(C)c(NS(=O)(=O)c2cn(Cc3ccccc3)nc2-c2cccs2)c1. The first-order valence-electron chi connectivity index (χ1n) is 9.18. The third-order valence-electron chi connectivity index (χ3n) is 4.60. The van der Waals surface area contributed by atoms with Gasteiger partial charge < -0.3 is 0 Å². The summed E-state index contributed by atoms with van der Waals surface area (Å²) in [5.74, 6) is 0. The first-order valence-corrected chi connectivity index (χ1v) is 11.5. The van der Waals surface area contributed by atoms with E-state index in [2.05, 4.69) is 9.82 Å². The first-order chi connectivity index (χ1) is 13.9. The maximum atomic E-state index is 13.3. The van der Waals surface area contributed by atoms with Gasteiger partial charge in [-0.1, -0.05) is 48.5 Å². The Kier molecular flexibility index (Phi) is 5.25. The van der Waals surface area contributed by atoms with Crippen molar-refractivity contribution in [1.29, 1.82) is 0 Å². The molecular formula is C22H21N3O2S2. The lowest BCUT2D eigenvalue weighted by Gasteiger charge is -2.11. The molecule has 5 nitrogen and oxygen atoms in total. The number of nitrogens with one attached hydrogen (secondary N) is 1. The van der Waals surface area contributed by atoms with Crippen molar-refractivity contribution in [2.75, 3.05) is 4.72 Å². The number of benzene rings is 2. The van der Waals surface area contributed by atoms with Crippen LogP contribution in [0.1, 0.15) is 16.7 Å². The van der Waals surface area contributed by atoms with Gasteiger partial charge in [0.2, 0.25) is 0 Å². The molecule has 2 aromatic heterocycles. The zero-order valence-electron chi connectivity index (χ0n) is 16.2. The highest BCUT2D eigenvalue weighted by Gasteiger charge is 2.25. The number of aromatic nitrogens is 2. The Morgan fingerprint density at radius 2 is 1.83 bits per heavy atom. The van der Waals surface area contributed by atoms with Gasteiger partial charge in [0.15, 0.2) is 0 Å². The van der Waals surface area contributed by atoms with Crippen LogP contribution in [0.15, 0.2) is 77.1 Å². The average molecular weight is 424 g/mol. The summed E-state index contributed by atoms with van der Waals surface area (Å²) in [4.78, 5) is 0.995. The van der Waals surface area contributed by atoms with E-state index >= 15 is 0 Å². The van der Waals surface area contributed by atoms with Crippen LogP contribution in [0.3, 0.4) is 0 Å². The fourth-order valence-electron chi connectivity index (χ4n) is 3.08. The fraction of sp³-hybridized carbons (Fsp3) is 0.136. The summed E-state index contributed by atoms with van der Waals surface area (Å²) in [6, 6.07) is 19.3. The number of hydrogen-bond acceptors (Lipinski definition) is 4. The van der Waals surface area contributed by atoms with E-state index in [9.17, 15) is 8.42 Å². The molecule has 2 aromatic carbocycles. The van der Waals surface area contributed by atoms with Crippen molar-refractivity contribution < 1.29 is 8.42 Å². The quantitative estimate of drug-likeness (QED) is 0.470. The van der Waals surface area contributed by atoms with Crippen LogP contribution in [0.4, 0.5) is 5.69 Å². The number of sulfonamides is 1. The molecule has 0 saturated heterocycles. The van der Waals surface area contributed by atoms with Crippen molar-refractivity contribution in [1.82, 2.24) is 9.78 Å². The van der Waals surface area contributed by atoms with E-state index in [1.807, 2.05) is 79.9 Å². The second-order valence-electron chi connectivity index (χ2n) is 6.93. The number of nitrogens with zero attached hydrogens (tertiary/aromatic N) is 2. The molecule has 0 bridgehead atoms. The molecule has 0 unspecified atom stereocenters. The largest absolute Gasteiger partial charge is 0.279 e. The van der Waals surface area contributed by atoms with Gasteiger partial charge in [0.05, 0.1) is 17.1 Å². The van der Waals surface area contributed by atoms with Gasteiger partial charge in [-0.3, -0.25) is 9.40 Å². The minimum atomic E-state index is -3.81. The molecule has 0 atom stereocenters. The van der Waals surface area contributed by atoms with Gasteiger partial charge in [-0.15, -0.1) is 11.3 Å². The molecule has 7 heteroatoms. The molecule has 0 saturated carbocycles. The van der Waals surface area contributed by atoms with E-state index in [1.54, 1.807) is 10.9 Å². The number of hydrogen-bond donors (Lipinski definition) is 1. The molecule has 0 fully saturated rings. The summed E-state index contributed by atoms with van der Waals surface area (Å²) in [5, 5.41) is 6.52. The number of aryl methyl sites for hydroxylation is 2.